The van der Waals surface area contributed by atoms with Crippen molar-refractivity contribution >= 4 is 34.4 Å². The Kier molecular flexibility index (Phi) is 3.94. The van der Waals surface area contributed by atoms with Crippen LogP contribution in [-0.4, -0.2) is 23.4 Å². The highest BCUT2D eigenvalue weighted by Crippen LogP contribution is 2.20. The maximum absolute atomic E-state index is 4.94. The average Bonchev–Trinajstić information content (AvgIpc) is 2.82. The molecule has 1 aromatic heterocycles. The monoisotopic (exact) mass is 260 g/mol. The van der Waals surface area contributed by atoms with Gasteiger partial charge >= 0.3 is 0 Å². The number of nitrogens with one attached hydrogen (secondary N) is 3. The molecule has 0 saturated carbocycles. The molecule has 0 aliphatic heterocycles. The number of aromatic nitrogens is 1. The molecule has 3 N–H and O–H groups in total. The summed E-state index contributed by atoms with van der Waals surface area (Å²) in [5.74, 6) is 0. The summed E-state index contributed by atoms with van der Waals surface area (Å²) in [7, 11) is 1.75. The van der Waals surface area contributed by atoms with Crippen molar-refractivity contribution in [3.8, 4) is 0 Å². The van der Waals surface area contributed by atoms with E-state index >= 15 is 0 Å². The number of benzene rings is 1. The van der Waals surface area contributed by atoms with Gasteiger partial charge in [-0.05, 0) is 24.2 Å². The van der Waals surface area contributed by atoms with Crippen LogP contribution in [0.2, 0.25) is 0 Å². The number of hydrazone groups is 1. The molecule has 0 spiro atoms. The van der Waals surface area contributed by atoms with Crippen molar-refractivity contribution < 1.29 is 0 Å². The van der Waals surface area contributed by atoms with E-state index in [9.17, 15) is 0 Å². The van der Waals surface area contributed by atoms with E-state index in [-0.39, 0.29) is 0 Å². The third-order valence-electron chi connectivity index (χ3n) is 2.81. The van der Waals surface area contributed by atoms with Crippen molar-refractivity contribution in [2.75, 3.05) is 7.05 Å². The number of fused-ring (bicyclic) bond motifs is 1. The standard InChI is InChI=1S/C13H16N4S/c1-3-9-5-4-6-11-10(7-15-12(9)11)8-16-17-13(18)14-2/h4-8,15H,3H2,1-2H3,(H2,14,17,18)/b16-8+. The Bertz CT molecular complexity index is 586. The van der Waals surface area contributed by atoms with Gasteiger partial charge in [0.05, 0.1) is 6.21 Å². The number of nitrogens with zero attached hydrogens (tertiary/aromatic N) is 1. The van der Waals surface area contributed by atoms with Crippen LogP contribution >= 0.6 is 12.2 Å². The van der Waals surface area contributed by atoms with Gasteiger partial charge in [-0.2, -0.15) is 5.10 Å². The van der Waals surface area contributed by atoms with Crippen molar-refractivity contribution in [1.29, 1.82) is 0 Å². The van der Waals surface area contributed by atoms with Crippen LogP contribution in [0, 0.1) is 0 Å². The van der Waals surface area contributed by atoms with E-state index in [1.807, 2.05) is 6.20 Å². The third-order valence-corrected chi connectivity index (χ3v) is 3.11. The van der Waals surface area contributed by atoms with Crippen molar-refractivity contribution in [2.45, 2.75) is 13.3 Å². The lowest BCUT2D eigenvalue weighted by atomic mass is 10.1. The Hall–Kier alpha value is -1.88. The fourth-order valence-electron chi connectivity index (χ4n) is 1.86. The van der Waals surface area contributed by atoms with Gasteiger partial charge in [-0.15, -0.1) is 0 Å². The first-order chi connectivity index (χ1) is 8.76. The molecule has 0 amide bonds. The second-order valence-corrected chi connectivity index (χ2v) is 4.29. The predicted octanol–water partition coefficient (Wildman–Crippen LogP) is 2.16. The minimum Gasteiger partial charge on any atom is -0.364 e. The molecule has 0 saturated heterocycles. The van der Waals surface area contributed by atoms with Gasteiger partial charge in [-0.3, -0.25) is 5.43 Å². The topological polar surface area (TPSA) is 52.2 Å². The van der Waals surface area contributed by atoms with Gasteiger partial charge in [-0.1, -0.05) is 25.1 Å². The van der Waals surface area contributed by atoms with Gasteiger partial charge in [-0.25, -0.2) is 0 Å². The smallest absolute Gasteiger partial charge is 0.186 e. The molecular formula is C13H16N4S. The first-order valence-electron chi connectivity index (χ1n) is 5.86. The van der Waals surface area contributed by atoms with E-state index in [4.69, 9.17) is 12.2 Å². The molecule has 4 nitrogen and oxygen atoms in total. The highest BCUT2D eigenvalue weighted by Gasteiger charge is 2.04. The van der Waals surface area contributed by atoms with E-state index in [0.29, 0.717) is 5.11 Å². The van der Waals surface area contributed by atoms with Crippen LogP contribution in [0.15, 0.2) is 29.5 Å². The summed E-state index contributed by atoms with van der Waals surface area (Å²) in [4.78, 5) is 3.29. The van der Waals surface area contributed by atoms with Crippen LogP contribution < -0.4 is 10.7 Å². The Labute approximate surface area is 111 Å². The third kappa shape index (κ3) is 2.51. The maximum atomic E-state index is 4.94. The molecule has 1 heterocycles. The minimum atomic E-state index is 0.500. The summed E-state index contributed by atoms with van der Waals surface area (Å²) in [5, 5.41) is 8.57. The Balaban J connectivity index is 2.27. The lowest BCUT2D eigenvalue weighted by Gasteiger charge is -2.00. The van der Waals surface area contributed by atoms with Gasteiger partial charge in [0.15, 0.2) is 5.11 Å². The first kappa shape index (κ1) is 12.6. The molecule has 0 aliphatic rings. The fourth-order valence-corrected chi connectivity index (χ4v) is 1.91. The summed E-state index contributed by atoms with van der Waals surface area (Å²) < 4.78 is 0. The van der Waals surface area contributed by atoms with Gasteiger partial charge in [0.1, 0.15) is 0 Å². The number of rotatable bonds is 3. The Morgan fingerprint density at radius 2 is 2.33 bits per heavy atom. The number of para-hydroxylation sites is 1. The Morgan fingerprint density at radius 3 is 3.06 bits per heavy atom. The minimum absolute atomic E-state index is 0.500. The summed E-state index contributed by atoms with van der Waals surface area (Å²) in [6, 6.07) is 6.29. The highest BCUT2D eigenvalue weighted by atomic mass is 32.1. The summed E-state index contributed by atoms with van der Waals surface area (Å²) in [6.07, 6.45) is 4.73. The van der Waals surface area contributed by atoms with E-state index in [1.165, 1.54) is 16.5 Å². The number of thiocarbonyl (C=S) groups is 1. The normalized spacial score (nSPS) is 11.0. The van der Waals surface area contributed by atoms with Crippen molar-refractivity contribution in [3.05, 3.63) is 35.5 Å². The van der Waals surface area contributed by atoms with Crippen LogP contribution in [0.25, 0.3) is 10.9 Å². The fraction of sp³-hybridized carbons (Fsp3) is 0.231. The Morgan fingerprint density at radius 1 is 1.50 bits per heavy atom. The molecule has 0 fully saturated rings. The molecule has 0 unspecified atom stereocenters. The SMILES string of the molecule is CCc1cccc2c(/C=N/NC(=S)NC)c[nH]c12. The van der Waals surface area contributed by atoms with Crippen LogP contribution in [-0.2, 0) is 6.42 Å². The molecule has 0 radical (unpaired) electrons. The lowest BCUT2D eigenvalue weighted by molar-refractivity contribution is 0.982. The molecule has 0 aliphatic carbocycles. The lowest BCUT2D eigenvalue weighted by Crippen LogP contribution is -2.28. The van der Waals surface area contributed by atoms with E-state index < -0.39 is 0 Å². The zero-order valence-corrected chi connectivity index (χ0v) is 11.3. The van der Waals surface area contributed by atoms with Crippen LogP contribution in [0.4, 0.5) is 0 Å². The highest BCUT2D eigenvalue weighted by molar-refractivity contribution is 7.80. The second kappa shape index (κ2) is 5.64. The second-order valence-electron chi connectivity index (χ2n) is 3.89. The number of hydrogen-bond donors (Lipinski definition) is 3. The first-order valence-corrected chi connectivity index (χ1v) is 6.26. The van der Waals surface area contributed by atoms with Crippen LogP contribution in [0.1, 0.15) is 18.1 Å². The molecule has 0 bridgehead atoms. The van der Waals surface area contributed by atoms with Crippen LogP contribution in [0.3, 0.4) is 0 Å². The predicted molar refractivity (Wildman–Crippen MR) is 80.1 cm³/mol. The summed E-state index contributed by atoms with van der Waals surface area (Å²) in [5.41, 5.74) is 6.28. The van der Waals surface area contributed by atoms with Gasteiger partial charge in [0, 0.05) is 29.7 Å². The maximum Gasteiger partial charge on any atom is 0.186 e. The summed E-state index contributed by atoms with van der Waals surface area (Å²) >= 11 is 4.94. The molecule has 18 heavy (non-hydrogen) atoms. The molecular weight excluding hydrogens is 244 g/mol. The van der Waals surface area contributed by atoms with Crippen LogP contribution in [0.5, 0.6) is 0 Å². The van der Waals surface area contributed by atoms with Crippen molar-refractivity contribution in [3.63, 3.8) is 0 Å². The molecule has 1 aromatic carbocycles. The van der Waals surface area contributed by atoms with E-state index in [0.717, 1.165) is 12.0 Å². The molecule has 0 atom stereocenters. The summed E-state index contributed by atoms with van der Waals surface area (Å²) in [6.45, 7) is 2.15. The number of H-pyrrole nitrogens is 1. The number of hydrogen-bond acceptors (Lipinski definition) is 2. The average molecular weight is 260 g/mol. The van der Waals surface area contributed by atoms with Gasteiger partial charge in [0.2, 0.25) is 0 Å². The molecule has 94 valence electrons. The van der Waals surface area contributed by atoms with E-state index in [1.54, 1.807) is 13.3 Å². The molecule has 5 heteroatoms. The zero-order valence-electron chi connectivity index (χ0n) is 10.4. The van der Waals surface area contributed by atoms with E-state index in [2.05, 4.69) is 46.0 Å². The van der Waals surface area contributed by atoms with Gasteiger partial charge < -0.3 is 10.3 Å². The van der Waals surface area contributed by atoms with Gasteiger partial charge in [0.25, 0.3) is 0 Å². The number of aromatic amines is 1. The molecule has 2 rings (SSSR count). The largest absolute Gasteiger partial charge is 0.364 e. The zero-order chi connectivity index (χ0) is 13.0. The number of aryl methyl sites for hydroxylation is 1. The van der Waals surface area contributed by atoms with Crippen molar-refractivity contribution in [2.24, 2.45) is 5.10 Å². The quantitative estimate of drug-likeness (QED) is 0.450. The molecule has 2 aromatic rings. The van der Waals surface area contributed by atoms with Crippen molar-refractivity contribution in [1.82, 2.24) is 15.7 Å².